The van der Waals surface area contributed by atoms with Gasteiger partial charge in [-0.2, -0.15) is 0 Å². The fraction of sp³-hybridized carbons (Fsp3) is 0.619. The number of hydrogen-bond acceptors (Lipinski definition) is 3. The predicted octanol–water partition coefficient (Wildman–Crippen LogP) is 1.86. The Balaban J connectivity index is 1.90. The molecular weight excluding hydrogens is 338 g/mol. The van der Waals surface area contributed by atoms with Gasteiger partial charge in [0.05, 0.1) is 6.54 Å². The third kappa shape index (κ3) is 5.96. The van der Waals surface area contributed by atoms with Crippen molar-refractivity contribution in [3.05, 3.63) is 35.9 Å². The first kappa shape index (κ1) is 21.2. The molecule has 0 atom stereocenters. The summed E-state index contributed by atoms with van der Waals surface area (Å²) < 4.78 is 0. The van der Waals surface area contributed by atoms with Gasteiger partial charge in [0.2, 0.25) is 5.91 Å². The molecule has 2 rings (SSSR count). The highest BCUT2D eigenvalue weighted by Gasteiger charge is 2.29. The van der Waals surface area contributed by atoms with Gasteiger partial charge < -0.3 is 16.4 Å². The van der Waals surface area contributed by atoms with Crippen LogP contribution in [0.1, 0.15) is 45.1 Å². The van der Waals surface area contributed by atoms with E-state index in [-0.39, 0.29) is 11.3 Å². The number of nitrogens with zero attached hydrogens (tertiary/aromatic N) is 2. The predicted molar refractivity (Wildman–Crippen MR) is 112 cm³/mol. The van der Waals surface area contributed by atoms with Crippen LogP contribution < -0.4 is 16.4 Å². The minimum atomic E-state index is -0.254. The van der Waals surface area contributed by atoms with Crippen molar-refractivity contribution in [1.29, 1.82) is 0 Å². The number of amides is 1. The molecule has 1 aromatic carbocycles. The second-order valence-corrected chi connectivity index (χ2v) is 7.44. The Morgan fingerprint density at radius 1 is 1.22 bits per heavy atom. The molecule has 6 nitrogen and oxygen atoms in total. The molecule has 0 radical (unpaired) electrons. The standard InChI is InChI=1S/C21H35N5O/c1-4-21(5-2,17-9-7-6-8-10-17)16-24-20(23-3)25-18-11-13-26(14-12-18)15-19(22)27/h6-10,18H,4-5,11-16H2,1-3H3,(H2,22,27)(H2,23,24,25). The summed E-state index contributed by atoms with van der Waals surface area (Å²) in [6.45, 7) is 7.48. The van der Waals surface area contributed by atoms with Crippen molar-refractivity contribution in [3.8, 4) is 0 Å². The molecule has 150 valence electrons. The Morgan fingerprint density at radius 2 is 1.85 bits per heavy atom. The van der Waals surface area contributed by atoms with Gasteiger partial charge in [-0.05, 0) is 31.2 Å². The van der Waals surface area contributed by atoms with Gasteiger partial charge in [-0.3, -0.25) is 14.7 Å². The topological polar surface area (TPSA) is 82.8 Å². The van der Waals surface area contributed by atoms with Crippen LogP contribution in [0.15, 0.2) is 35.3 Å². The molecule has 1 fully saturated rings. The lowest BCUT2D eigenvalue weighted by molar-refractivity contribution is -0.119. The first-order chi connectivity index (χ1) is 13.0. The Hall–Kier alpha value is -2.08. The van der Waals surface area contributed by atoms with Crippen LogP contribution in [0.3, 0.4) is 0 Å². The van der Waals surface area contributed by atoms with Crippen LogP contribution >= 0.6 is 0 Å². The molecule has 4 N–H and O–H groups in total. The first-order valence-corrected chi connectivity index (χ1v) is 10.1. The summed E-state index contributed by atoms with van der Waals surface area (Å²) in [5.74, 6) is 0.598. The molecule has 0 aliphatic carbocycles. The molecule has 0 aromatic heterocycles. The number of carbonyl (C=O) groups is 1. The van der Waals surface area contributed by atoms with Crippen LogP contribution in [0.4, 0.5) is 0 Å². The Kier molecular flexibility index (Phi) is 8.10. The molecule has 6 heteroatoms. The van der Waals surface area contributed by atoms with Gasteiger partial charge in [0.25, 0.3) is 0 Å². The van der Waals surface area contributed by atoms with Gasteiger partial charge in [0.1, 0.15) is 0 Å². The molecular formula is C21H35N5O. The fourth-order valence-electron chi connectivity index (χ4n) is 3.90. The molecule has 0 unspecified atom stereocenters. The van der Waals surface area contributed by atoms with Crippen LogP contribution in [-0.2, 0) is 10.2 Å². The molecule has 1 aliphatic rings. The monoisotopic (exact) mass is 373 g/mol. The summed E-state index contributed by atoms with van der Waals surface area (Å²) in [4.78, 5) is 17.6. The summed E-state index contributed by atoms with van der Waals surface area (Å²) >= 11 is 0. The van der Waals surface area contributed by atoms with E-state index in [2.05, 4.69) is 64.7 Å². The number of guanidine groups is 1. The van der Waals surface area contributed by atoms with Gasteiger partial charge in [-0.25, -0.2) is 0 Å². The normalized spacial score (nSPS) is 16.9. The summed E-state index contributed by atoms with van der Waals surface area (Å²) in [5, 5.41) is 7.10. The number of nitrogens with one attached hydrogen (secondary N) is 2. The highest BCUT2D eigenvalue weighted by Crippen LogP contribution is 2.30. The van der Waals surface area contributed by atoms with Crippen LogP contribution in [0.2, 0.25) is 0 Å². The van der Waals surface area contributed by atoms with Crippen molar-refractivity contribution in [1.82, 2.24) is 15.5 Å². The SMILES string of the molecule is CCC(CC)(CNC(=NC)NC1CCN(CC(N)=O)CC1)c1ccccc1. The number of rotatable bonds is 8. The maximum atomic E-state index is 11.1. The lowest BCUT2D eigenvalue weighted by Crippen LogP contribution is -2.51. The highest BCUT2D eigenvalue weighted by atomic mass is 16.1. The number of aliphatic imine (C=N–C) groups is 1. The van der Waals surface area contributed by atoms with E-state index in [0.29, 0.717) is 12.6 Å². The van der Waals surface area contributed by atoms with Crippen LogP contribution in [-0.4, -0.2) is 56.0 Å². The molecule has 1 aromatic rings. The number of primary amides is 1. The average Bonchev–Trinajstić information content (AvgIpc) is 2.70. The number of piperidine rings is 1. The Morgan fingerprint density at radius 3 is 2.37 bits per heavy atom. The van der Waals surface area contributed by atoms with E-state index in [1.807, 2.05) is 7.05 Å². The molecule has 0 spiro atoms. The Labute approximate surface area is 163 Å². The molecule has 1 saturated heterocycles. The van der Waals surface area contributed by atoms with E-state index in [9.17, 15) is 4.79 Å². The van der Waals surface area contributed by atoms with Crippen LogP contribution in [0.25, 0.3) is 0 Å². The fourth-order valence-corrected chi connectivity index (χ4v) is 3.90. The number of hydrogen-bond donors (Lipinski definition) is 3. The number of carbonyl (C=O) groups excluding carboxylic acids is 1. The van der Waals surface area contributed by atoms with Gasteiger partial charge in [0, 0.05) is 38.1 Å². The second kappa shape index (κ2) is 10.3. The van der Waals surface area contributed by atoms with E-state index < -0.39 is 0 Å². The van der Waals surface area contributed by atoms with Crippen molar-refractivity contribution in [2.24, 2.45) is 10.7 Å². The van der Waals surface area contributed by atoms with Gasteiger partial charge in [-0.15, -0.1) is 0 Å². The van der Waals surface area contributed by atoms with Gasteiger partial charge in [-0.1, -0.05) is 44.2 Å². The van der Waals surface area contributed by atoms with Crippen LogP contribution in [0, 0.1) is 0 Å². The van der Waals surface area contributed by atoms with E-state index in [0.717, 1.165) is 51.3 Å². The lowest BCUT2D eigenvalue weighted by Gasteiger charge is -2.35. The number of nitrogens with two attached hydrogens (primary N) is 1. The largest absolute Gasteiger partial charge is 0.369 e. The van der Waals surface area contributed by atoms with Gasteiger partial charge >= 0.3 is 0 Å². The minimum Gasteiger partial charge on any atom is -0.369 e. The number of likely N-dealkylation sites (tertiary alicyclic amines) is 1. The van der Waals surface area contributed by atoms with Crippen molar-refractivity contribution in [2.75, 3.05) is 33.2 Å². The quantitative estimate of drug-likeness (QED) is 0.480. The molecule has 0 bridgehead atoms. The van der Waals surface area contributed by atoms with E-state index in [4.69, 9.17) is 5.73 Å². The minimum absolute atomic E-state index is 0.101. The summed E-state index contributed by atoms with van der Waals surface area (Å²) in [6.07, 6.45) is 4.12. The maximum Gasteiger partial charge on any atom is 0.231 e. The van der Waals surface area contributed by atoms with Crippen molar-refractivity contribution in [3.63, 3.8) is 0 Å². The van der Waals surface area contributed by atoms with Crippen LogP contribution in [0.5, 0.6) is 0 Å². The van der Waals surface area contributed by atoms with Crippen molar-refractivity contribution >= 4 is 11.9 Å². The zero-order valence-electron chi connectivity index (χ0n) is 17.0. The first-order valence-electron chi connectivity index (χ1n) is 10.1. The van der Waals surface area contributed by atoms with E-state index in [1.54, 1.807) is 0 Å². The maximum absolute atomic E-state index is 11.1. The molecule has 0 saturated carbocycles. The van der Waals surface area contributed by atoms with E-state index >= 15 is 0 Å². The van der Waals surface area contributed by atoms with Gasteiger partial charge in [0.15, 0.2) is 5.96 Å². The van der Waals surface area contributed by atoms with Crippen molar-refractivity contribution in [2.45, 2.75) is 51.0 Å². The third-order valence-corrected chi connectivity index (χ3v) is 5.87. The highest BCUT2D eigenvalue weighted by molar-refractivity contribution is 5.80. The molecule has 27 heavy (non-hydrogen) atoms. The smallest absolute Gasteiger partial charge is 0.231 e. The zero-order valence-corrected chi connectivity index (χ0v) is 17.0. The zero-order chi connectivity index (χ0) is 19.7. The Bertz CT molecular complexity index is 604. The summed E-state index contributed by atoms with van der Waals surface area (Å²) in [7, 11) is 1.82. The van der Waals surface area contributed by atoms with Crippen molar-refractivity contribution < 1.29 is 4.79 Å². The summed E-state index contributed by atoms with van der Waals surface area (Å²) in [6, 6.07) is 11.1. The van der Waals surface area contributed by atoms with E-state index in [1.165, 1.54) is 5.56 Å². The number of benzene rings is 1. The summed E-state index contributed by atoms with van der Waals surface area (Å²) in [5.41, 5.74) is 6.76. The molecule has 1 heterocycles. The lowest BCUT2D eigenvalue weighted by atomic mass is 9.76. The molecule has 1 aliphatic heterocycles. The second-order valence-electron chi connectivity index (χ2n) is 7.44. The average molecular weight is 374 g/mol. The third-order valence-electron chi connectivity index (χ3n) is 5.87. The molecule has 1 amide bonds.